The number of anilines is 3. The number of fused-ring (bicyclic) bond motifs is 2. The van der Waals surface area contributed by atoms with Crippen molar-refractivity contribution in [2.75, 3.05) is 47.5 Å². The Balaban J connectivity index is 1.35. The number of hydrogen-bond donors (Lipinski definition) is 1. The predicted octanol–water partition coefficient (Wildman–Crippen LogP) is 5.00. The number of hydrogen-bond acceptors (Lipinski definition) is 6. The molecule has 1 N–H and O–H groups in total. The van der Waals surface area contributed by atoms with Gasteiger partial charge in [0.15, 0.2) is 0 Å². The smallest absolute Gasteiger partial charge is 0.253 e. The van der Waals surface area contributed by atoms with E-state index in [-0.39, 0.29) is 30.9 Å². The Morgan fingerprint density at radius 3 is 1.98 bits per heavy atom. The molecule has 1 spiro atoms. The molecule has 0 bridgehead atoms. The molecule has 50 heavy (non-hydrogen) atoms. The number of para-hydroxylation sites is 1. The Morgan fingerprint density at radius 2 is 1.36 bits per heavy atom. The Labute approximate surface area is 294 Å². The van der Waals surface area contributed by atoms with E-state index in [2.05, 4.69) is 18.7 Å². The van der Waals surface area contributed by atoms with Crippen LogP contribution in [0.2, 0.25) is 0 Å². The first-order chi connectivity index (χ1) is 24.3. The van der Waals surface area contributed by atoms with Gasteiger partial charge in [0.25, 0.3) is 5.91 Å². The second kappa shape index (κ2) is 13.5. The molecule has 4 heterocycles. The van der Waals surface area contributed by atoms with Gasteiger partial charge in [0.1, 0.15) is 11.6 Å². The molecule has 4 aliphatic heterocycles. The molecule has 2 fully saturated rings. The summed E-state index contributed by atoms with van der Waals surface area (Å²) in [5.74, 6) is -2.73. The lowest BCUT2D eigenvalue weighted by molar-refractivity contribution is -0.149. The third kappa shape index (κ3) is 5.34. The van der Waals surface area contributed by atoms with Gasteiger partial charge in [0.05, 0.1) is 30.1 Å². The molecule has 0 radical (unpaired) electrons. The molecular formula is C41H46N4O5. The van der Waals surface area contributed by atoms with Crippen LogP contribution in [0.5, 0.6) is 0 Å². The third-order valence-corrected chi connectivity index (χ3v) is 11.2. The van der Waals surface area contributed by atoms with E-state index in [1.807, 2.05) is 116 Å². The maximum Gasteiger partial charge on any atom is 0.253 e. The second-order valence-corrected chi connectivity index (χ2v) is 13.6. The average Bonchev–Trinajstić information content (AvgIpc) is 3.44. The SMILES string of the molecule is CCN(CC)c1ccc(N2CC=C[C@]34O[C@@]5(CC)C=CCN(c6ccccc6)C(=O)[C@H]5[C@H]3C(=O)N([C@@H](CO)Cc3ccccc3)C4C2=O)cc1. The van der Waals surface area contributed by atoms with Crippen molar-refractivity contribution >= 4 is 34.8 Å². The minimum absolute atomic E-state index is 0.212. The van der Waals surface area contributed by atoms with Gasteiger partial charge in [-0.15, -0.1) is 0 Å². The van der Waals surface area contributed by atoms with E-state index in [0.29, 0.717) is 25.1 Å². The maximum absolute atomic E-state index is 15.2. The summed E-state index contributed by atoms with van der Waals surface area (Å²) < 4.78 is 7.19. The molecule has 0 saturated carbocycles. The molecule has 1 unspecified atom stereocenters. The zero-order chi connectivity index (χ0) is 35.0. The molecule has 3 amide bonds. The van der Waals surface area contributed by atoms with Crippen molar-refractivity contribution in [3.8, 4) is 0 Å². The molecule has 6 atom stereocenters. The van der Waals surface area contributed by atoms with E-state index >= 15 is 9.59 Å². The van der Waals surface area contributed by atoms with Crippen LogP contribution in [0.15, 0.2) is 109 Å². The predicted molar refractivity (Wildman–Crippen MR) is 195 cm³/mol. The Morgan fingerprint density at radius 1 is 0.760 bits per heavy atom. The van der Waals surface area contributed by atoms with Crippen molar-refractivity contribution in [1.29, 1.82) is 0 Å². The van der Waals surface area contributed by atoms with Crippen molar-refractivity contribution in [3.05, 3.63) is 115 Å². The largest absolute Gasteiger partial charge is 0.394 e. The number of nitrogens with zero attached hydrogens (tertiary/aromatic N) is 4. The summed E-state index contributed by atoms with van der Waals surface area (Å²) in [5, 5.41) is 10.9. The minimum Gasteiger partial charge on any atom is -0.394 e. The van der Waals surface area contributed by atoms with Crippen LogP contribution in [0, 0.1) is 11.8 Å². The van der Waals surface area contributed by atoms with Crippen LogP contribution in [0.4, 0.5) is 17.1 Å². The highest BCUT2D eigenvalue weighted by Crippen LogP contribution is 2.59. The molecule has 0 aromatic heterocycles. The summed E-state index contributed by atoms with van der Waals surface area (Å²) in [6.07, 6.45) is 8.45. The lowest BCUT2D eigenvalue weighted by atomic mass is 9.73. The summed E-state index contributed by atoms with van der Waals surface area (Å²) in [6.45, 7) is 8.16. The average molecular weight is 675 g/mol. The molecule has 2 saturated heterocycles. The van der Waals surface area contributed by atoms with E-state index < -0.39 is 35.1 Å². The van der Waals surface area contributed by atoms with Crippen molar-refractivity contribution in [3.63, 3.8) is 0 Å². The van der Waals surface area contributed by atoms with Gasteiger partial charge >= 0.3 is 0 Å². The number of carbonyl (C=O) groups excluding carboxylic acids is 3. The van der Waals surface area contributed by atoms with Gasteiger partial charge in [-0.1, -0.05) is 79.8 Å². The minimum atomic E-state index is -1.44. The lowest BCUT2D eigenvalue weighted by Gasteiger charge is -2.41. The molecule has 0 aliphatic carbocycles. The molecule has 3 aromatic rings. The molecule has 9 heteroatoms. The highest BCUT2D eigenvalue weighted by atomic mass is 16.5. The first kappa shape index (κ1) is 33.8. The van der Waals surface area contributed by atoms with Crippen LogP contribution in [0.3, 0.4) is 0 Å². The summed E-state index contributed by atoms with van der Waals surface area (Å²) in [6, 6.07) is 25.2. The van der Waals surface area contributed by atoms with Gasteiger partial charge in [-0.25, -0.2) is 0 Å². The Hall–Kier alpha value is -4.73. The zero-order valence-corrected chi connectivity index (χ0v) is 29.0. The van der Waals surface area contributed by atoms with Gasteiger partial charge in [-0.3, -0.25) is 14.4 Å². The number of amides is 3. The van der Waals surface area contributed by atoms with E-state index in [9.17, 15) is 9.90 Å². The fourth-order valence-corrected chi connectivity index (χ4v) is 8.73. The molecule has 3 aromatic carbocycles. The van der Waals surface area contributed by atoms with Crippen LogP contribution in [0.25, 0.3) is 0 Å². The summed E-state index contributed by atoms with van der Waals surface area (Å²) in [7, 11) is 0. The molecule has 9 nitrogen and oxygen atoms in total. The van der Waals surface area contributed by atoms with Crippen molar-refractivity contribution in [1.82, 2.24) is 4.90 Å². The highest BCUT2D eigenvalue weighted by Gasteiger charge is 2.76. The number of benzene rings is 3. The molecule has 260 valence electrons. The molecule has 7 rings (SSSR count). The molecule has 4 aliphatic rings. The summed E-state index contributed by atoms with van der Waals surface area (Å²) in [5.41, 5.74) is 0.887. The molecular weight excluding hydrogens is 628 g/mol. The number of likely N-dealkylation sites (tertiary alicyclic amines) is 1. The third-order valence-electron chi connectivity index (χ3n) is 11.2. The number of ether oxygens (including phenoxy) is 1. The fourth-order valence-electron chi connectivity index (χ4n) is 8.73. The zero-order valence-electron chi connectivity index (χ0n) is 29.0. The highest BCUT2D eigenvalue weighted by molar-refractivity contribution is 6.07. The lowest BCUT2D eigenvalue weighted by Crippen LogP contribution is -2.59. The van der Waals surface area contributed by atoms with Gasteiger partial charge in [0.2, 0.25) is 11.8 Å². The van der Waals surface area contributed by atoms with E-state index in [1.54, 1.807) is 14.7 Å². The van der Waals surface area contributed by atoms with E-state index in [4.69, 9.17) is 4.74 Å². The quantitative estimate of drug-likeness (QED) is 0.305. The number of aliphatic hydroxyl groups excluding tert-OH is 1. The normalized spacial score (nSPS) is 27.9. The fraction of sp³-hybridized carbons (Fsp3) is 0.390. The number of aliphatic hydroxyl groups is 1. The number of rotatable bonds is 10. The topological polar surface area (TPSA) is 93.6 Å². The summed E-state index contributed by atoms with van der Waals surface area (Å²) in [4.78, 5) is 52.4. The van der Waals surface area contributed by atoms with Crippen LogP contribution in [-0.2, 0) is 25.5 Å². The monoisotopic (exact) mass is 674 g/mol. The van der Waals surface area contributed by atoms with E-state index in [1.165, 1.54) is 0 Å². The van der Waals surface area contributed by atoms with Crippen molar-refractivity contribution in [2.24, 2.45) is 11.8 Å². The van der Waals surface area contributed by atoms with Gasteiger partial charge in [-0.05, 0) is 68.7 Å². The van der Waals surface area contributed by atoms with Crippen LogP contribution in [-0.4, -0.2) is 83.8 Å². The van der Waals surface area contributed by atoms with Gasteiger partial charge in [-0.2, -0.15) is 0 Å². The van der Waals surface area contributed by atoms with Crippen LogP contribution in [0.1, 0.15) is 32.8 Å². The van der Waals surface area contributed by atoms with E-state index in [0.717, 1.165) is 30.0 Å². The van der Waals surface area contributed by atoms with Gasteiger partial charge < -0.3 is 29.4 Å². The standard InChI is InChI=1S/C41H46N4O5/c1-4-40-23-13-25-43(31-17-11-8-12-18-31)37(47)34(40)35-38(48)45(33(28-46)27-29-15-9-7-10-16-29)36-39(49)44(26-14-24-41(35,36)50-40)32-21-19-30(20-22-32)42(5-2)6-3/h7-24,33-36,46H,4-6,25-28H2,1-3H3/t33-,34-,35+,36?,40+,41+/m1/s1. The first-order valence-electron chi connectivity index (χ1n) is 17.9. The van der Waals surface area contributed by atoms with Crippen molar-refractivity contribution < 1.29 is 24.2 Å². The first-order valence-corrected chi connectivity index (χ1v) is 17.9. The van der Waals surface area contributed by atoms with Crippen molar-refractivity contribution in [2.45, 2.75) is 56.9 Å². The Bertz CT molecular complexity index is 1780. The van der Waals surface area contributed by atoms with Crippen LogP contribution >= 0.6 is 0 Å². The number of carbonyl (C=O) groups is 3. The summed E-state index contributed by atoms with van der Waals surface area (Å²) >= 11 is 0. The Kier molecular flexibility index (Phi) is 9.13. The van der Waals surface area contributed by atoms with Gasteiger partial charge in [0, 0.05) is 43.2 Å². The second-order valence-electron chi connectivity index (χ2n) is 13.6. The maximum atomic E-state index is 15.2. The van der Waals surface area contributed by atoms with Crippen LogP contribution < -0.4 is 14.7 Å².